The highest BCUT2D eigenvalue weighted by atomic mass is 32.2. The highest BCUT2D eigenvalue weighted by Crippen LogP contribution is 2.11. The van der Waals surface area contributed by atoms with Gasteiger partial charge in [0.25, 0.3) is 0 Å². The summed E-state index contributed by atoms with van der Waals surface area (Å²) >= 11 is 1.28. The summed E-state index contributed by atoms with van der Waals surface area (Å²) in [6, 6.07) is 0. The summed E-state index contributed by atoms with van der Waals surface area (Å²) in [5.41, 5.74) is 0. The monoisotopic (exact) mass is 233 g/mol. The van der Waals surface area contributed by atoms with Gasteiger partial charge in [-0.1, -0.05) is 0 Å². The molecule has 0 unspecified atom stereocenters. The summed E-state index contributed by atoms with van der Waals surface area (Å²) < 4.78 is 4.74. The van der Waals surface area contributed by atoms with Crippen molar-refractivity contribution in [2.75, 3.05) is 31.3 Å². The van der Waals surface area contributed by atoms with E-state index in [0.29, 0.717) is 11.5 Å². The van der Waals surface area contributed by atoms with Gasteiger partial charge in [-0.25, -0.2) is 4.79 Å². The number of thioether (sulfide) groups is 1. The van der Waals surface area contributed by atoms with E-state index in [-0.39, 0.29) is 25.0 Å². The van der Waals surface area contributed by atoms with Gasteiger partial charge in [0.2, 0.25) is 11.8 Å². The number of hydrogen-bond donors (Lipinski definition) is 1. The molecule has 7 heteroatoms. The zero-order chi connectivity index (χ0) is 11.3. The molecule has 15 heavy (non-hydrogen) atoms. The number of ether oxygens (including phenoxy) is 1. The fourth-order valence-corrected chi connectivity index (χ4v) is 1.85. The minimum Gasteiger partial charge on any atom is -0.480 e. The van der Waals surface area contributed by atoms with Crippen molar-refractivity contribution in [3.8, 4) is 0 Å². The van der Waals surface area contributed by atoms with E-state index in [1.165, 1.54) is 11.8 Å². The Kier molecular flexibility index (Phi) is 4.57. The number of carboxylic acid groups (broad SMARTS) is 1. The largest absolute Gasteiger partial charge is 0.480 e. The van der Waals surface area contributed by atoms with Gasteiger partial charge in [-0.3, -0.25) is 14.5 Å². The molecule has 0 atom stereocenters. The van der Waals surface area contributed by atoms with Gasteiger partial charge >= 0.3 is 5.97 Å². The third-order valence-corrected chi connectivity index (χ3v) is 2.64. The van der Waals surface area contributed by atoms with Crippen molar-refractivity contribution >= 4 is 29.5 Å². The molecule has 0 aromatic carbocycles. The van der Waals surface area contributed by atoms with Crippen molar-refractivity contribution < 1.29 is 24.2 Å². The second kappa shape index (κ2) is 5.72. The summed E-state index contributed by atoms with van der Waals surface area (Å²) in [7, 11) is 0. The first kappa shape index (κ1) is 12.0. The molecule has 0 aliphatic carbocycles. The molecule has 84 valence electrons. The van der Waals surface area contributed by atoms with Crippen LogP contribution in [-0.4, -0.2) is 59.1 Å². The molecule has 1 fully saturated rings. The first-order valence-corrected chi connectivity index (χ1v) is 5.47. The van der Waals surface area contributed by atoms with Gasteiger partial charge in [-0.2, -0.15) is 0 Å². The van der Waals surface area contributed by atoms with Gasteiger partial charge < -0.3 is 9.84 Å². The maximum Gasteiger partial charge on any atom is 0.329 e. The Morgan fingerprint density at radius 3 is 2.53 bits per heavy atom. The Labute approximate surface area is 90.6 Å². The fraction of sp³-hybridized carbons (Fsp3) is 0.625. The van der Waals surface area contributed by atoms with Crippen molar-refractivity contribution in [3.05, 3.63) is 0 Å². The molecular formula is C8H11NO5S. The number of imide groups is 1. The lowest BCUT2D eigenvalue weighted by molar-refractivity contribution is -0.144. The molecule has 1 heterocycles. The van der Waals surface area contributed by atoms with E-state index in [2.05, 4.69) is 0 Å². The predicted molar refractivity (Wildman–Crippen MR) is 52.5 cm³/mol. The lowest BCUT2D eigenvalue weighted by Gasteiger charge is -2.24. The van der Waals surface area contributed by atoms with Crippen LogP contribution in [0.3, 0.4) is 0 Å². The number of hydrogen-bond acceptors (Lipinski definition) is 5. The number of rotatable bonds is 5. The molecule has 0 saturated carbocycles. The van der Waals surface area contributed by atoms with Gasteiger partial charge in [-0.05, 0) is 0 Å². The Bertz CT molecular complexity index is 264. The van der Waals surface area contributed by atoms with Crippen molar-refractivity contribution in [1.29, 1.82) is 0 Å². The van der Waals surface area contributed by atoms with Crippen LogP contribution >= 0.6 is 11.8 Å². The lowest BCUT2D eigenvalue weighted by atomic mass is 10.4. The zero-order valence-corrected chi connectivity index (χ0v) is 8.79. The van der Waals surface area contributed by atoms with E-state index >= 15 is 0 Å². The van der Waals surface area contributed by atoms with Gasteiger partial charge in [0, 0.05) is 0 Å². The van der Waals surface area contributed by atoms with E-state index in [4.69, 9.17) is 9.84 Å². The minimum atomic E-state index is -1.07. The molecule has 0 spiro atoms. The zero-order valence-electron chi connectivity index (χ0n) is 7.97. The number of carboxylic acids is 1. The molecule has 6 nitrogen and oxygen atoms in total. The fourth-order valence-electron chi connectivity index (χ4n) is 1.09. The van der Waals surface area contributed by atoms with Crippen molar-refractivity contribution in [3.63, 3.8) is 0 Å². The number of carbonyl (C=O) groups excluding carboxylic acids is 2. The van der Waals surface area contributed by atoms with Crippen LogP contribution in [0.1, 0.15) is 0 Å². The summed E-state index contributed by atoms with van der Waals surface area (Å²) in [5, 5.41) is 8.28. The molecule has 1 aliphatic rings. The number of aliphatic carboxylic acids is 1. The molecule has 1 aliphatic heterocycles. The van der Waals surface area contributed by atoms with Crippen molar-refractivity contribution in [1.82, 2.24) is 4.90 Å². The van der Waals surface area contributed by atoms with Crippen LogP contribution in [0.4, 0.5) is 0 Å². The summed E-state index contributed by atoms with van der Waals surface area (Å²) in [5.74, 6) is -0.956. The smallest absolute Gasteiger partial charge is 0.329 e. The highest BCUT2D eigenvalue weighted by Gasteiger charge is 2.25. The lowest BCUT2D eigenvalue weighted by Crippen LogP contribution is -2.44. The summed E-state index contributed by atoms with van der Waals surface area (Å²) in [6.07, 6.45) is 0. The van der Waals surface area contributed by atoms with Crippen LogP contribution in [0.5, 0.6) is 0 Å². The van der Waals surface area contributed by atoms with E-state index in [9.17, 15) is 14.4 Å². The first-order chi connectivity index (χ1) is 7.11. The van der Waals surface area contributed by atoms with Crippen LogP contribution in [0.2, 0.25) is 0 Å². The van der Waals surface area contributed by atoms with Crippen molar-refractivity contribution in [2.45, 2.75) is 0 Å². The van der Waals surface area contributed by atoms with Crippen LogP contribution in [0.25, 0.3) is 0 Å². The molecule has 0 aromatic rings. The van der Waals surface area contributed by atoms with Gasteiger partial charge in [0.15, 0.2) is 0 Å². The van der Waals surface area contributed by atoms with Crippen LogP contribution in [-0.2, 0) is 19.1 Å². The molecule has 0 bridgehead atoms. The van der Waals surface area contributed by atoms with Gasteiger partial charge in [0.1, 0.15) is 6.61 Å². The Balaban J connectivity index is 2.26. The second-order valence-corrected chi connectivity index (χ2v) is 3.86. The summed E-state index contributed by atoms with van der Waals surface area (Å²) in [4.78, 5) is 33.7. The molecule has 1 rings (SSSR count). The SMILES string of the molecule is O=C(O)COCCN1C(=O)CSCC1=O. The standard InChI is InChI=1S/C8H11NO5S/c10-6-4-15-5-7(11)9(6)1-2-14-3-8(12)13/h1-5H2,(H,12,13). The first-order valence-electron chi connectivity index (χ1n) is 4.31. The van der Waals surface area contributed by atoms with E-state index in [1.54, 1.807) is 0 Å². The Hall–Kier alpha value is -1.08. The maximum absolute atomic E-state index is 11.2. The number of carbonyl (C=O) groups is 3. The van der Waals surface area contributed by atoms with Crippen LogP contribution in [0, 0.1) is 0 Å². The maximum atomic E-state index is 11.2. The van der Waals surface area contributed by atoms with E-state index in [0.717, 1.165) is 4.90 Å². The number of nitrogens with zero attached hydrogens (tertiary/aromatic N) is 1. The van der Waals surface area contributed by atoms with E-state index < -0.39 is 12.6 Å². The molecule has 1 N–H and O–H groups in total. The van der Waals surface area contributed by atoms with Crippen LogP contribution < -0.4 is 0 Å². The average Bonchev–Trinajstić information content (AvgIpc) is 2.15. The second-order valence-electron chi connectivity index (χ2n) is 2.88. The quantitative estimate of drug-likeness (QED) is 0.494. The molecule has 0 aromatic heterocycles. The minimum absolute atomic E-state index is 0.0639. The third kappa shape index (κ3) is 3.88. The normalized spacial score (nSPS) is 16.9. The topological polar surface area (TPSA) is 83.9 Å². The Morgan fingerprint density at radius 2 is 2.00 bits per heavy atom. The van der Waals surface area contributed by atoms with Gasteiger partial charge in [-0.15, -0.1) is 11.8 Å². The Morgan fingerprint density at radius 1 is 1.40 bits per heavy atom. The van der Waals surface area contributed by atoms with Crippen molar-refractivity contribution in [2.24, 2.45) is 0 Å². The van der Waals surface area contributed by atoms with Gasteiger partial charge in [0.05, 0.1) is 24.7 Å². The molecule has 1 saturated heterocycles. The third-order valence-electron chi connectivity index (χ3n) is 1.74. The predicted octanol–water partition coefficient (Wildman–Crippen LogP) is -0.810. The van der Waals surface area contributed by atoms with E-state index in [1.807, 2.05) is 0 Å². The number of amides is 2. The molecular weight excluding hydrogens is 222 g/mol. The molecule has 0 radical (unpaired) electrons. The average molecular weight is 233 g/mol. The molecule has 2 amide bonds. The van der Waals surface area contributed by atoms with Crippen LogP contribution in [0.15, 0.2) is 0 Å². The summed E-state index contributed by atoms with van der Waals surface area (Å²) in [6.45, 7) is -0.217. The highest BCUT2D eigenvalue weighted by molar-refractivity contribution is 8.00.